The smallest absolute Gasteiger partial charge is 0.414 e. The lowest BCUT2D eigenvalue weighted by atomic mass is 10.1. The van der Waals surface area contributed by atoms with Gasteiger partial charge in [0.2, 0.25) is 11.8 Å². The average Bonchev–Trinajstić information content (AvgIpc) is 3.07. The monoisotopic (exact) mass is 415 g/mol. The summed E-state index contributed by atoms with van der Waals surface area (Å²) in [6, 6.07) is 6.88. The number of aromatic nitrogens is 1. The Morgan fingerprint density at radius 2 is 2.13 bits per heavy atom. The van der Waals surface area contributed by atoms with Crippen molar-refractivity contribution in [3.8, 4) is 11.1 Å². The lowest BCUT2D eigenvalue weighted by molar-refractivity contribution is -0.119. The van der Waals surface area contributed by atoms with Crippen molar-refractivity contribution in [3.63, 3.8) is 0 Å². The highest BCUT2D eigenvalue weighted by Gasteiger charge is 2.32. The van der Waals surface area contributed by atoms with Gasteiger partial charge in [-0.1, -0.05) is 0 Å². The third-order valence-electron chi connectivity index (χ3n) is 4.46. The minimum Gasteiger partial charge on any atom is -0.442 e. The topological polar surface area (TPSA) is 127 Å². The lowest BCUT2D eigenvalue weighted by Crippen LogP contribution is -2.33. The van der Waals surface area contributed by atoms with E-state index < -0.39 is 24.1 Å². The Balaban J connectivity index is 1.72. The van der Waals surface area contributed by atoms with Crippen molar-refractivity contribution in [2.45, 2.75) is 26.0 Å². The molecular formula is C20H22FN5O4. The summed E-state index contributed by atoms with van der Waals surface area (Å²) in [7, 11) is 0. The number of amides is 3. The maximum Gasteiger partial charge on any atom is 0.414 e. The molecule has 0 radical (unpaired) electrons. The summed E-state index contributed by atoms with van der Waals surface area (Å²) in [4.78, 5) is 40.1. The summed E-state index contributed by atoms with van der Waals surface area (Å²) in [5.74, 6) is -0.834. The number of anilines is 2. The van der Waals surface area contributed by atoms with Gasteiger partial charge >= 0.3 is 6.09 Å². The SMILES string of the molecule is CC(=O)NCC1CN(c2ccc(-c3ccc(NC(=O)[C@H](C)N)nc3)c(F)c2)C(=O)O1. The quantitative estimate of drug-likeness (QED) is 0.658. The van der Waals surface area contributed by atoms with Crippen LogP contribution in [0.15, 0.2) is 36.5 Å². The zero-order valence-corrected chi connectivity index (χ0v) is 16.5. The van der Waals surface area contributed by atoms with Gasteiger partial charge in [-0.05, 0) is 37.3 Å². The Kier molecular flexibility index (Phi) is 6.26. The fourth-order valence-corrected chi connectivity index (χ4v) is 2.87. The molecule has 3 rings (SSSR count). The molecule has 30 heavy (non-hydrogen) atoms. The van der Waals surface area contributed by atoms with Crippen molar-refractivity contribution in [1.29, 1.82) is 0 Å². The average molecular weight is 415 g/mol. The van der Waals surface area contributed by atoms with Crippen LogP contribution in [0.4, 0.5) is 20.7 Å². The highest BCUT2D eigenvalue weighted by molar-refractivity contribution is 5.93. The van der Waals surface area contributed by atoms with Crippen LogP contribution >= 0.6 is 0 Å². The van der Waals surface area contributed by atoms with Crippen molar-refractivity contribution in [1.82, 2.24) is 10.3 Å². The van der Waals surface area contributed by atoms with Gasteiger partial charge in [-0.2, -0.15) is 0 Å². The van der Waals surface area contributed by atoms with E-state index in [1.807, 2.05) is 0 Å². The van der Waals surface area contributed by atoms with Crippen LogP contribution in [-0.2, 0) is 14.3 Å². The van der Waals surface area contributed by atoms with E-state index in [1.54, 1.807) is 25.1 Å². The molecule has 4 N–H and O–H groups in total. The van der Waals surface area contributed by atoms with Gasteiger partial charge < -0.3 is 21.1 Å². The Hall–Kier alpha value is -3.53. The van der Waals surface area contributed by atoms with E-state index in [4.69, 9.17) is 10.5 Å². The molecule has 2 aromatic rings. The first-order valence-electron chi connectivity index (χ1n) is 9.29. The Morgan fingerprint density at radius 1 is 1.37 bits per heavy atom. The van der Waals surface area contributed by atoms with Crippen LogP contribution < -0.4 is 21.3 Å². The van der Waals surface area contributed by atoms with E-state index in [1.165, 1.54) is 30.2 Å². The first-order chi connectivity index (χ1) is 14.2. The molecule has 1 fully saturated rings. The molecule has 158 valence electrons. The van der Waals surface area contributed by atoms with Crippen LogP contribution in [0.1, 0.15) is 13.8 Å². The number of benzene rings is 1. The summed E-state index contributed by atoms with van der Waals surface area (Å²) in [6.07, 6.45) is 0.323. The molecule has 2 atom stereocenters. The highest BCUT2D eigenvalue weighted by Crippen LogP contribution is 2.29. The number of halogens is 1. The second kappa shape index (κ2) is 8.87. The van der Waals surface area contributed by atoms with E-state index in [9.17, 15) is 18.8 Å². The number of hydrogen-bond donors (Lipinski definition) is 3. The van der Waals surface area contributed by atoms with Crippen molar-refractivity contribution < 1.29 is 23.5 Å². The van der Waals surface area contributed by atoms with Gasteiger partial charge in [-0.15, -0.1) is 0 Å². The van der Waals surface area contributed by atoms with Crippen molar-refractivity contribution >= 4 is 29.4 Å². The van der Waals surface area contributed by atoms with Crippen LogP contribution in [0.3, 0.4) is 0 Å². The van der Waals surface area contributed by atoms with Crippen LogP contribution in [0.5, 0.6) is 0 Å². The summed E-state index contributed by atoms with van der Waals surface area (Å²) in [6.45, 7) is 3.32. The second-order valence-corrected chi connectivity index (χ2v) is 6.93. The molecule has 1 aromatic carbocycles. The number of nitrogens with two attached hydrogens (primary N) is 1. The van der Waals surface area contributed by atoms with Crippen molar-refractivity contribution in [2.75, 3.05) is 23.3 Å². The Morgan fingerprint density at radius 3 is 2.73 bits per heavy atom. The zero-order chi connectivity index (χ0) is 21.8. The van der Waals surface area contributed by atoms with Gasteiger partial charge in [0, 0.05) is 24.2 Å². The van der Waals surface area contributed by atoms with Gasteiger partial charge in [0.25, 0.3) is 0 Å². The molecule has 1 saturated heterocycles. The van der Waals surface area contributed by atoms with Gasteiger partial charge in [0.1, 0.15) is 17.7 Å². The highest BCUT2D eigenvalue weighted by atomic mass is 19.1. The number of pyridine rings is 1. The molecule has 1 unspecified atom stereocenters. The van der Waals surface area contributed by atoms with Gasteiger partial charge in [0.15, 0.2) is 0 Å². The normalized spacial score (nSPS) is 16.7. The molecule has 2 heterocycles. The minimum absolute atomic E-state index is 0.190. The largest absolute Gasteiger partial charge is 0.442 e. The first kappa shape index (κ1) is 21.2. The van der Waals surface area contributed by atoms with E-state index >= 15 is 0 Å². The number of cyclic esters (lactones) is 1. The molecule has 0 saturated carbocycles. The Bertz CT molecular complexity index is 964. The molecule has 1 aliphatic heterocycles. The molecule has 0 bridgehead atoms. The third-order valence-corrected chi connectivity index (χ3v) is 4.46. The molecular weight excluding hydrogens is 393 g/mol. The molecule has 10 heteroatoms. The fraction of sp³-hybridized carbons (Fsp3) is 0.300. The molecule has 1 aliphatic rings. The van der Waals surface area contributed by atoms with E-state index in [2.05, 4.69) is 15.6 Å². The van der Waals surface area contributed by atoms with Gasteiger partial charge in [-0.25, -0.2) is 14.2 Å². The van der Waals surface area contributed by atoms with E-state index in [0.29, 0.717) is 22.6 Å². The summed E-state index contributed by atoms with van der Waals surface area (Å²) in [5.41, 5.74) is 6.64. The predicted molar refractivity (Wildman–Crippen MR) is 108 cm³/mol. The maximum absolute atomic E-state index is 14.7. The van der Waals surface area contributed by atoms with Crippen molar-refractivity contribution in [3.05, 3.63) is 42.3 Å². The zero-order valence-electron chi connectivity index (χ0n) is 16.5. The van der Waals surface area contributed by atoms with E-state index in [-0.39, 0.29) is 24.9 Å². The maximum atomic E-state index is 14.7. The molecule has 0 aliphatic carbocycles. The molecule has 9 nitrogen and oxygen atoms in total. The van der Waals surface area contributed by atoms with Gasteiger partial charge in [-0.3, -0.25) is 14.5 Å². The standard InChI is InChI=1S/C20H22FN5O4/c1-11(22)19(28)25-18-6-3-13(8-24-18)16-5-4-14(7-17(16)21)26-10-15(30-20(26)29)9-23-12(2)27/h3-8,11,15H,9-10,22H2,1-2H3,(H,23,27)(H,24,25,28)/t11-,15?/m0/s1. The summed E-state index contributed by atoms with van der Waals surface area (Å²) in [5, 5.41) is 5.14. The Labute approximate surface area is 172 Å². The minimum atomic E-state index is -0.674. The molecule has 3 amide bonds. The molecule has 1 aromatic heterocycles. The van der Waals surface area contributed by atoms with Crippen LogP contribution in [0.2, 0.25) is 0 Å². The van der Waals surface area contributed by atoms with Crippen LogP contribution in [0.25, 0.3) is 11.1 Å². The lowest BCUT2D eigenvalue weighted by Gasteiger charge is -2.14. The fourth-order valence-electron chi connectivity index (χ4n) is 2.87. The number of carbonyl (C=O) groups is 3. The predicted octanol–water partition coefficient (Wildman–Crippen LogP) is 1.63. The van der Waals surface area contributed by atoms with Gasteiger partial charge in [0.05, 0.1) is 24.8 Å². The number of hydrogen-bond acceptors (Lipinski definition) is 6. The number of nitrogens with one attached hydrogen (secondary N) is 2. The number of ether oxygens (including phenoxy) is 1. The molecule has 0 spiro atoms. The number of rotatable bonds is 6. The van der Waals surface area contributed by atoms with Crippen LogP contribution in [-0.4, -0.2) is 48.1 Å². The summed E-state index contributed by atoms with van der Waals surface area (Å²) >= 11 is 0. The second-order valence-electron chi connectivity index (χ2n) is 6.93. The number of nitrogens with zero attached hydrogens (tertiary/aromatic N) is 2. The van der Waals surface area contributed by atoms with Crippen LogP contribution in [0, 0.1) is 5.82 Å². The summed E-state index contributed by atoms with van der Waals surface area (Å²) < 4.78 is 19.9. The first-order valence-corrected chi connectivity index (χ1v) is 9.29. The van der Waals surface area contributed by atoms with E-state index in [0.717, 1.165) is 0 Å². The third kappa shape index (κ3) is 4.90. The number of carbonyl (C=O) groups excluding carboxylic acids is 3. The van der Waals surface area contributed by atoms with Crippen molar-refractivity contribution in [2.24, 2.45) is 5.73 Å².